The fraction of sp³-hybridized carbons (Fsp3) is 0.438. The van der Waals surface area contributed by atoms with E-state index in [0.717, 1.165) is 16.9 Å². The van der Waals surface area contributed by atoms with Gasteiger partial charge in [0.05, 0.1) is 7.11 Å². The maximum absolute atomic E-state index is 11.8. The molecule has 2 N–H and O–H groups in total. The number of rotatable bonds is 7. The number of amides is 1. The van der Waals surface area contributed by atoms with E-state index in [4.69, 9.17) is 9.84 Å². The molecule has 0 bridgehead atoms. The molecule has 4 nitrogen and oxygen atoms in total. The second kappa shape index (κ2) is 8.38. The summed E-state index contributed by atoms with van der Waals surface area (Å²) in [4.78, 5) is 11.8. The molecule has 0 aliphatic carbocycles. The van der Waals surface area contributed by atoms with Gasteiger partial charge in [0.15, 0.2) is 0 Å². The number of carbonyl (C=O) groups is 1. The Morgan fingerprint density at radius 2 is 2.05 bits per heavy atom. The van der Waals surface area contributed by atoms with Gasteiger partial charge >= 0.3 is 0 Å². The molecule has 1 atom stereocenters. The Kier molecular flexibility index (Phi) is 6.81. The van der Waals surface area contributed by atoms with Gasteiger partial charge in [0.1, 0.15) is 5.75 Å². The van der Waals surface area contributed by atoms with E-state index < -0.39 is 0 Å². The van der Waals surface area contributed by atoms with Crippen LogP contribution in [0.1, 0.15) is 25.8 Å². The Labute approximate surface area is 120 Å². The van der Waals surface area contributed by atoms with Gasteiger partial charge in [-0.25, -0.2) is 0 Å². The molecule has 0 radical (unpaired) electrons. The number of benzene rings is 1. The standard InChI is InChI=1S/C16H23NO3/c1-12(8-9-18)11-17-16(19)10-13(2)14-4-6-15(20-3)7-5-14/h4-7,10,12,18H,8-9,11H2,1-3H3,(H,17,19)/b13-10+. The highest BCUT2D eigenvalue weighted by atomic mass is 16.5. The monoisotopic (exact) mass is 277 g/mol. The van der Waals surface area contributed by atoms with E-state index in [0.29, 0.717) is 13.0 Å². The Hall–Kier alpha value is -1.81. The maximum Gasteiger partial charge on any atom is 0.244 e. The highest BCUT2D eigenvalue weighted by Gasteiger charge is 2.04. The molecular weight excluding hydrogens is 254 g/mol. The molecule has 20 heavy (non-hydrogen) atoms. The summed E-state index contributed by atoms with van der Waals surface area (Å²) in [6.07, 6.45) is 2.29. The van der Waals surface area contributed by atoms with Gasteiger partial charge in [-0.15, -0.1) is 0 Å². The highest BCUT2D eigenvalue weighted by molar-refractivity contribution is 5.94. The maximum atomic E-state index is 11.8. The normalized spacial score (nSPS) is 12.9. The van der Waals surface area contributed by atoms with Gasteiger partial charge in [0, 0.05) is 19.2 Å². The zero-order valence-corrected chi connectivity index (χ0v) is 12.3. The zero-order chi connectivity index (χ0) is 15.0. The summed E-state index contributed by atoms with van der Waals surface area (Å²) in [6, 6.07) is 7.58. The molecule has 0 saturated carbocycles. The van der Waals surface area contributed by atoms with Gasteiger partial charge in [0.2, 0.25) is 5.91 Å². The molecular formula is C16H23NO3. The van der Waals surface area contributed by atoms with E-state index in [-0.39, 0.29) is 18.4 Å². The minimum atomic E-state index is -0.108. The van der Waals surface area contributed by atoms with Crippen molar-refractivity contribution in [2.24, 2.45) is 5.92 Å². The van der Waals surface area contributed by atoms with Gasteiger partial charge in [-0.05, 0) is 42.5 Å². The fourth-order valence-electron chi connectivity index (χ4n) is 1.78. The van der Waals surface area contributed by atoms with E-state index in [1.165, 1.54) is 0 Å². The first-order valence-corrected chi connectivity index (χ1v) is 6.78. The quantitative estimate of drug-likeness (QED) is 0.751. The van der Waals surface area contributed by atoms with Crippen molar-refractivity contribution < 1.29 is 14.6 Å². The van der Waals surface area contributed by atoms with Crippen molar-refractivity contribution in [3.8, 4) is 5.75 Å². The van der Waals surface area contributed by atoms with Crippen molar-refractivity contribution in [1.82, 2.24) is 5.32 Å². The predicted molar refractivity (Wildman–Crippen MR) is 80.5 cm³/mol. The molecule has 1 aromatic rings. The predicted octanol–water partition coefficient (Wildman–Crippen LogP) is 2.23. The van der Waals surface area contributed by atoms with Crippen molar-refractivity contribution in [2.45, 2.75) is 20.3 Å². The van der Waals surface area contributed by atoms with Gasteiger partial charge in [-0.2, -0.15) is 0 Å². The average Bonchev–Trinajstić information content (AvgIpc) is 2.45. The van der Waals surface area contributed by atoms with Crippen LogP contribution < -0.4 is 10.1 Å². The van der Waals surface area contributed by atoms with Crippen molar-refractivity contribution in [3.63, 3.8) is 0 Å². The third-order valence-electron chi connectivity index (χ3n) is 3.14. The number of hydrogen-bond acceptors (Lipinski definition) is 3. The molecule has 1 aromatic carbocycles. The summed E-state index contributed by atoms with van der Waals surface area (Å²) in [7, 11) is 1.62. The molecule has 0 fully saturated rings. The van der Waals surface area contributed by atoms with E-state index >= 15 is 0 Å². The van der Waals surface area contributed by atoms with Gasteiger partial charge in [0.25, 0.3) is 0 Å². The van der Waals surface area contributed by atoms with Crippen LogP contribution in [0.25, 0.3) is 5.57 Å². The number of allylic oxidation sites excluding steroid dienone is 1. The Bertz CT molecular complexity index is 451. The first kappa shape index (κ1) is 16.2. The largest absolute Gasteiger partial charge is 0.497 e. The second-order valence-electron chi connectivity index (χ2n) is 4.92. The van der Waals surface area contributed by atoms with Crippen molar-refractivity contribution in [3.05, 3.63) is 35.9 Å². The number of hydrogen-bond donors (Lipinski definition) is 2. The number of carbonyl (C=O) groups excluding carboxylic acids is 1. The molecule has 0 aliphatic heterocycles. The molecule has 0 saturated heterocycles. The fourth-order valence-corrected chi connectivity index (χ4v) is 1.78. The van der Waals surface area contributed by atoms with Crippen LogP contribution in [0.5, 0.6) is 5.75 Å². The summed E-state index contributed by atoms with van der Waals surface area (Å²) in [5, 5.41) is 11.6. The topological polar surface area (TPSA) is 58.6 Å². The minimum Gasteiger partial charge on any atom is -0.497 e. The van der Waals surface area contributed by atoms with Crippen LogP contribution in [0.2, 0.25) is 0 Å². The number of nitrogens with one attached hydrogen (secondary N) is 1. The summed E-state index contributed by atoms with van der Waals surface area (Å²) >= 11 is 0. The SMILES string of the molecule is COc1ccc(/C(C)=C/C(=O)NCC(C)CCO)cc1. The molecule has 1 unspecified atom stereocenters. The second-order valence-corrected chi connectivity index (χ2v) is 4.92. The van der Waals surface area contributed by atoms with Crippen LogP contribution in [-0.2, 0) is 4.79 Å². The molecule has 0 aliphatic rings. The van der Waals surface area contributed by atoms with E-state index in [2.05, 4.69) is 5.32 Å². The van der Waals surface area contributed by atoms with Crippen LogP contribution in [0.3, 0.4) is 0 Å². The molecule has 0 aromatic heterocycles. The first-order valence-electron chi connectivity index (χ1n) is 6.78. The van der Waals surface area contributed by atoms with E-state index in [1.807, 2.05) is 38.1 Å². The molecule has 4 heteroatoms. The smallest absolute Gasteiger partial charge is 0.244 e. The Morgan fingerprint density at radius 1 is 1.40 bits per heavy atom. The van der Waals surface area contributed by atoms with E-state index in [1.54, 1.807) is 13.2 Å². The van der Waals surface area contributed by atoms with Crippen molar-refractivity contribution in [1.29, 1.82) is 0 Å². The Morgan fingerprint density at radius 3 is 2.60 bits per heavy atom. The highest BCUT2D eigenvalue weighted by Crippen LogP contribution is 2.17. The summed E-state index contributed by atoms with van der Waals surface area (Å²) in [6.45, 7) is 4.62. The van der Waals surface area contributed by atoms with Gasteiger partial charge in [-0.3, -0.25) is 4.79 Å². The molecule has 0 heterocycles. The van der Waals surface area contributed by atoms with E-state index in [9.17, 15) is 4.79 Å². The Balaban J connectivity index is 2.56. The van der Waals surface area contributed by atoms with Crippen LogP contribution >= 0.6 is 0 Å². The first-order chi connectivity index (χ1) is 9.56. The number of aliphatic hydroxyl groups excluding tert-OH is 1. The van der Waals surface area contributed by atoms with Crippen LogP contribution in [0.15, 0.2) is 30.3 Å². The average molecular weight is 277 g/mol. The summed E-state index contributed by atoms with van der Waals surface area (Å²) < 4.78 is 5.10. The lowest BCUT2D eigenvalue weighted by Crippen LogP contribution is -2.27. The lowest BCUT2D eigenvalue weighted by Gasteiger charge is -2.10. The lowest BCUT2D eigenvalue weighted by molar-refractivity contribution is -0.116. The van der Waals surface area contributed by atoms with Crippen molar-refractivity contribution in [2.75, 3.05) is 20.3 Å². The van der Waals surface area contributed by atoms with Crippen LogP contribution in [-0.4, -0.2) is 31.3 Å². The molecule has 0 spiro atoms. The van der Waals surface area contributed by atoms with Crippen molar-refractivity contribution >= 4 is 11.5 Å². The molecule has 1 rings (SSSR count). The van der Waals surface area contributed by atoms with Gasteiger partial charge < -0.3 is 15.2 Å². The number of ether oxygens (including phenoxy) is 1. The van der Waals surface area contributed by atoms with Gasteiger partial charge in [-0.1, -0.05) is 19.1 Å². The van der Waals surface area contributed by atoms with Crippen LogP contribution in [0, 0.1) is 5.92 Å². The number of aliphatic hydroxyl groups is 1. The third-order valence-corrected chi connectivity index (χ3v) is 3.14. The minimum absolute atomic E-state index is 0.108. The lowest BCUT2D eigenvalue weighted by atomic mass is 10.1. The molecule has 110 valence electrons. The number of methoxy groups -OCH3 is 1. The van der Waals surface area contributed by atoms with Crippen LogP contribution in [0.4, 0.5) is 0 Å². The summed E-state index contributed by atoms with van der Waals surface area (Å²) in [5.74, 6) is 0.964. The zero-order valence-electron chi connectivity index (χ0n) is 12.3. The summed E-state index contributed by atoms with van der Waals surface area (Å²) in [5.41, 5.74) is 1.89. The molecule has 1 amide bonds. The third kappa shape index (κ3) is 5.45.